The van der Waals surface area contributed by atoms with Crippen molar-refractivity contribution in [2.75, 3.05) is 0 Å². The van der Waals surface area contributed by atoms with Crippen molar-refractivity contribution in [1.29, 1.82) is 0 Å². The molecule has 0 bridgehead atoms. The molecule has 0 fully saturated rings. The summed E-state index contributed by atoms with van der Waals surface area (Å²) in [5.74, 6) is -2.23. The van der Waals surface area contributed by atoms with Crippen LogP contribution in [0, 0.1) is 0 Å². The van der Waals surface area contributed by atoms with Gasteiger partial charge in [0.15, 0.2) is 0 Å². The van der Waals surface area contributed by atoms with E-state index in [1.54, 1.807) is 0 Å². The molecule has 0 unspecified atom stereocenters. The Hall–Kier alpha value is -1.85. The highest BCUT2D eigenvalue weighted by molar-refractivity contribution is 5.84. The molecule has 0 aromatic rings. The first-order valence-electron chi connectivity index (χ1n) is 4.38. The molecule has 0 aliphatic carbocycles. The minimum absolute atomic E-state index is 0.00640. The van der Waals surface area contributed by atoms with Crippen LogP contribution in [0.3, 0.4) is 0 Å². The number of primary amides is 1. The summed E-state index contributed by atoms with van der Waals surface area (Å²) >= 11 is 0. The van der Waals surface area contributed by atoms with E-state index in [0.29, 0.717) is 0 Å². The molecule has 0 spiro atoms. The lowest BCUT2D eigenvalue weighted by atomic mass is 10.1. The Morgan fingerprint density at radius 1 is 1.47 bits per heavy atom. The zero-order valence-corrected chi connectivity index (χ0v) is 8.23. The average Bonchev–Trinajstić information content (AvgIpc) is 2.11. The first-order valence-corrected chi connectivity index (χ1v) is 4.38. The monoisotopic (exact) mass is 214 g/mol. The molecule has 0 rings (SSSR count). The van der Waals surface area contributed by atoms with Crippen molar-refractivity contribution in [1.82, 2.24) is 5.32 Å². The number of hydrogen-bond acceptors (Lipinski definition) is 3. The SMILES string of the molecule is C=CCC(=O)N[C@H](CCC(N)=O)C(=O)O. The Morgan fingerprint density at radius 3 is 2.47 bits per heavy atom. The lowest BCUT2D eigenvalue weighted by Crippen LogP contribution is -2.41. The number of carbonyl (C=O) groups excluding carboxylic acids is 2. The molecule has 0 radical (unpaired) electrons. The van der Waals surface area contributed by atoms with Gasteiger partial charge in [0.25, 0.3) is 0 Å². The number of amides is 2. The van der Waals surface area contributed by atoms with Gasteiger partial charge in [0, 0.05) is 12.8 Å². The van der Waals surface area contributed by atoms with E-state index < -0.39 is 23.8 Å². The predicted molar refractivity (Wildman–Crippen MR) is 52.8 cm³/mol. The van der Waals surface area contributed by atoms with Gasteiger partial charge >= 0.3 is 5.97 Å². The smallest absolute Gasteiger partial charge is 0.326 e. The molecule has 4 N–H and O–H groups in total. The van der Waals surface area contributed by atoms with Crippen molar-refractivity contribution in [3.8, 4) is 0 Å². The molecule has 6 heteroatoms. The molecule has 0 aliphatic rings. The third kappa shape index (κ3) is 6.25. The Balaban J connectivity index is 4.15. The number of nitrogens with one attached hydrogen (secondary N) is 1. The van der Waals surface area contributed by atoms with Gasteiger partial charge in [-0.25, -0.2) is 4.79 Å². The molecule has 6 nitrogen and oxygen atoms in total. The van der Waals surface area contributed by atoms with E-state index in [9.17, 15) is 14.4 Å². The summed E-state index contributed by atoms with van der Waals surface area (Å²) in [4.78, 5) is 32.1. The van der Waals surface area contributed by atoms with Gasteiger partial charge in [-0.1, -0.05) is 6.08 Å². The van der Waals surface area contributed by atoms with Crippen LogP contribution in [0.5, 0.6) is 0 Å². The van der Waals surface area contributed by atoms with Crippen molar-refractivity contribution in [2.24, 2.45) is 5.73 Å². The third-order valence-electron chi connectivity index (χ3n) is 1.64. The summed E-state index contributed by atoms with van der Waals surface area (Å²) in [5.41, 5.74) is 4.87. The van der Waals surface area contributed by atoms with Gasteiger partial charge in [0.1, 0.15) is 6.04 Å². The summed E-state index contributed by atoms with van der Waals surface area (Å²) in [7, 11) is 0. The third-order valence-corrected chi connectivity index (χ3v) is 1.64. The number of hydrogen-bond donors (Lipinski definition) is 3. The molecular weight excluding hydrogens is 200 g/mol. The summed E-state index contributed by atoms with van der Waals surface area (Å²) in [6, 6.07) is -1.08. The normalized spacial score (nSPS) is 11.5. The van der Waals surface area contributed by atoms with E-state index in [0.717, 1.165) is 0 Å². The highest BCUT2D eigenvalue weighted by Gasteiger charge is 2.19. The molecule has 0 aromatic heterocycles. The summed E-state index contributed by atoms with van der Waals surface area (Å²) < 4.78 is 0. The van der Waals surface area contributed by atoms with Gasteiger partial charge in [0.05, 0.1) is 0 Å². The average molecular weight is 214 g/mol. The van der Waals surface area contributed by atoms with Crippen LogP contribution in [0.15, 0.2) is 12.7 Å². The number of carboxylic acid groups (broad SMARTS) is 1. The number of rotatable bonds is 7. The second-order valence-electron chi connectivity index (χ2n) is 2.96. The highest BCUT2D eigenvalue weighted by Crippen LogP contribution is 1.98. The van der Waals surface area contributed by atoms with E-state index in [4.69, 9.17) is 10.8 Å². The van der Waals surface area contributed by atoms with E-state index in [1.807, 2.05) is 0 Å². The lowest BCUT2D eigenvalue weighted by molar-refractivity contribution is -0.142. The van der Waals surface area contributed by atoms with Crippen LogP contribution in [0.1, 0.15) is 19.3 Å². The predicted octanol–water partition coefficient (Wildman–Crippen LogP) is -0.603. The number of aliphatic carboxylic acids is 1. The van der Waals surface area contributed by atoms with Crippen LogP contribution >= 0.6 is 0 Å². The zero-order chi connectivity index (χ0) is 11.8. The van der Waals surface area contributed by atoms with Crippen molar-refractivity contribution in [2.45, 2.75) is 25.3 Å². The topological polar surface area (TPSA) is 109 Å². The molecule has 0 aromatic carbocycles. The highest BCUT2D eigenvalue weighted by atomic mass is 16.4. The first kappa shape index (κ1) is 13.2. The Bertz CT molecular complexity index is 275. The Morgan fingerprint density at radius 2 is 2.07 bits per heavy atom. The van der Waals surface area contributed by atoms with Crippen molar-refractivity contribution >= 4 is 17.8 Å². The van der Waals surface area contributed by atoms with Crippen molar-refractivity contribution in [3.05, 3.63) is 12.7 Å². The Kier molecular flexibility index (Phi) is 5.77. The molecule has 15 heavy (non-hydrogen) atoms. The van der Waals surface area contributed by atoms with Gasteiger partial charge < -0.3 is 16.2 Å². The van der Waals surface area contributed by atoms with Gasteiger partial charge in [-0.2, -0.15) is 0 Å². The second kappa shape index (κ2) is 6.58. The van der Waals surface area contributed by atoms with Crippen LogP contribution in [-0.2, 0) is 14.4 Å². The molecule has 2 amide bonds. The van der Waals surface area contributed by atoms with E-state index in [1.165, 1.54) is 6.08 Å². The molecule has 1 atom stereocenters. The van der Waals surface area contributed by atoms with Gasteiger partial charge in [-0.15, -0.1) is 6.58 Å². The quantitative estimate of drug-likeness (QED) is 0.491. The van der Waals surface area contributed by atoms with E-state index in [2.05, 4.69) is 11.9 Å². The standard InChI is InChI=1S/C9H14N2O4/c1-2-3-8(13)11-6(9(14)15)4-5-7(10)12/h2,6H,1,3-5H2,(H2,10,12)(H,11,13)(H,14,15)/t6-/m1/s1. The molecule has 0 saturated carbocycles. The van der Waals surface area contributed by atoms with Crippen LogP contribution in [-0.4, -0.2) is 28.9 Å². The summed E-state index contributed by atoms with van der Waals surface area (Å²) in [5, 5.41) is 11.0. The van der Waals surface area contributed by atoms with Crippen LogP contribution in [0.2, 0.25) is 0 Å². The van der Waals surface area contributed by atoms with Crippen molar-refractivity contribution in [3.63, 3.8) is 0 Å². The van der Waals surface area contributed by atoms with Crippen LogP contribution < -0.4 is 11.1 Å². The fourth-order valence-corrected chi connectivity index (χ4v) is 0.928. The van der Waals surface area contributed by atoms with Gasteiger partial charge in [-0.3, -0.25) is 9.59 Å². The van der Waals surface area contributed by atoms with Gasteiger partial charge in [0.2, 0.25) is 11.8 Å². The lowest BCUT2D eigenvalue weighted by Gasteiger charge is -2.12. The Labute approximate surface area is 87.1 Å². The first-order chi connectivity index (χ1) is 6.97. The van der Waals surface area contributed by atoms with Crippen LogP contribution in [0.4, 0.5) is 0 Å². The maximum absolute atomic E-state index is 11.0. The zero-order valence-electron chi connectivity index (χ0n) is 8.23. The van der Waals surface area contributed by atoms with Crippen LogP contribution in [0.25, 0.3) is 0 Å². The maximum atomic E-state index is 11.0. The summed E-state index contributed by atoms with van der Waals surface area (Å²) in [6.07, 6.45) is 1.32. The molecule has 84 valence electrons. The van der Waals surface area contributed by atoms with Crippen molar-refractivity contribution < 1.29 is 19.5 Å². The fraction of sp³-hybridized carbons (Fsp3) is 0.444. The maximum Gasteiger partial charge on any atom is 0.326 e. The second-order valence-corrected chi connectivity index (χ2v) is 2.96. The molecule has 0 saturated heterocycles. The fourth-order valence-electron chi connectivity index (χ4n) is 0.928. The van der Waals surface area contributed by atoms with E-state index >= 15 is 0 Å². The minimum Gasteiger partial charge on any atom is -0.480 e. The minimum atomic E-state index is -1.19. The van der Waals surface area contributed by atoms with Gasteiger partial charge in [-0.05, 0) is 6.42 Å². The largest absolute Gasteiger partial charge is 0.480 e. The number of nitrogens with two attached hydrogens (primary N) is 1. The summed E-state index contributed by atoms with van der Waals surface area (Å²) in [6.45, 7) is 3.34. The number of carboxylic acids is 1. The molecule has 0 heterocycles. The number of carbonyl (C=O) groups is 3. The molecular formula is C9H14N2O4. The molecule has 0 aliphatic heterocycles. The van der Waals surface area contributed by atoms with E-state index in [-0.39, 0.29) is 19.3 Å².